The molecule has 1 spiro atoms. The molecule has 5 aliphatic rings. The van der Waals surface area contributed by atoms with Crippen molar-refractivity contribution in [2.45, 2.75) is 83.0 Å². The van der Waals surface area contributed by atoms with Gasteiger partial charge in [0.2, 0.25) is 0 Å². The van der Waals surface area contributed by atoms with Crippen LogP contribution in [0.3, 0.4) is 0 Å². The van der Waals surface area contributed by atoms with E-state index in [4.69, 9.17) is 15.9 Å². The molecule has 26 heavy (non-hydrogen) atoms. The van der Waals surface area contributed by atoms with Crippen LogP contribution >= 0.6 is 0 Å². The van der Waals surface area contributed by atoms with Crippen LogP contribution < -0.4 is 0 Å². The van der Waals surface area contributed by atoms with Crippen LogP contribution in [0.4, 0.5) is 0 Å². The smallest absolute Gasteiger partial charge is 0.174 e. The Hall–Kier alpha value is -0.560. The van der Waals surface area contributed by atoms with Gasteiger partial charge in [0.25, 0.3) is 0 Å². The molecular formula is C23H34O3. The average Bonchev–Trinajstić information content (AvgIpc) is 3.22. The third-order valence-electron chi connectivity index (χ3n) is 9.79. The second kappa shape index (κ2) is 5.49. The van der Waals surface area contributed by atoms with E-state index in [1.165, 1.54) is 32.1 Å². The van der Waals surface area contributed by atoms with Crippen LogP contribution in [0.5, 0.6) is 0 Å². The summed E-state index contributed by atoms with van der Waals surface area (Å²) in [4.78, 5) is 0. The first-order valence-electron chi connectivity index (χ1n) is 10.8. The van der Waals surface area contributed by atoms with Crippen molar-refractivity contribution in [3.05, 3.63) is 0 Å². The van der Waals surface area contributed by atoms with E-state index in [-0.39, 0.29) is 11.2 Å². The maximum atomic E-state index is 10.7. The summed E-state index contributed by atoms with van der Waals surface area (Å²) in [6.07, 6.45) is 15.7. The summed E-state index contributed by atoms with van der Waals surface area (Å²) in [5.74, 6) is 5.28. The summed E-state index contributed by atoms with van der Waals surface area (Å²) >= 11 is 0. The van der Waals surface area contributed by atoms with E-state index < -0.39 is 5.60 Å². The fourth-order valence-electron chi connectivity index (χ4n) is 8.26. The van der Waals surface area contributed by atoms with Crippen LogP contribution in [-0.4, -0.2) is 29.7 Å². The molecule has 3 heteroatoms. The van der Waals surface area contributed by atoms with E-state index >= 15 is 0 Å². The Balaban J connectivity index is 1.43. The molecule has 0 aromatic rings. The molecule has 5 rings (SSSR count). The van der Waals surface area contributed by atoms with E-state index in [1.54, 1.807) is 0 Å². The molecule has 0 aromatic heterocycles. The summed E-state index contributed by atoms with van der Waals surface area (Å²) in [7, 11) is 0. The van der Waals surface area contributed by atoms with E-state index in [0.29, 0.717) is 11.3 Å². The second-order valence-electron chi connectivity index (χ2n) is 10.5. The van der Waals surface area contributed by atoms with Crippen LogP contribution in [-0.2, 0) is 9.47 Å². The van der Waals surface area contributed by atoms with Crippen molar-refractivity contribution in [1.82, 2.24) is 0 Å². The molecule has 7 atom stereocenters. The van der Waals surface area contributed by atoms with Gasteiger partial charge in [-0.1, -0.05) is 19.8 Å². The van der Waals surface area contributed by atoms with Crippen molar-refractivity contribution in [2.24, 2.45) is 34.5 Å². The third kappa shape index (κ3) is 2.07. The highest BCUT2D eigenvalue weighted by Crippen LogP contribution is 2.69. The van der Waals surface area contributed by atoms with Crippen molar-refractivity contribution in [2.75, 3.05) is 13.2 Å². The van der Waals surface area contributed by atoms with Crippen molar-refractivity contribution in [3.63, 3.8) is 0 Å². The van der Waals surface area contributed by atoms with Gasteiger partial charge in [0.05, 0.1) is 13.2 Å². The highest BCUT2D eigenvalue weighted by molar-refractivity contribution is 5.17. The molecule has 4 aliphatic carbocycles. The number of ether oxygens (including phenoxy) is 2. The lowest BCUT2D eigenvalue weighted by Gasteiger charge is -2.62. The summed E-state index contributed by atoms with van der Waals surface area (Å²) in [5, 5.41) is 10.7. The van der Waals surface area contributed by atoms with Gasteiger partial charge in [-0.3, -0.25) is 0 Å². The van der Waals surface area contributed by atoms with Gasteiger partial charge in [-0.25, -0.2) is 0 Å². The molecule has 0 aromatic carbocycles. The van der Waals surface area contributed by atoms with Gasteiger partial charge in [-0.2, -0.15) is 0 Å². The van der Waals surface area contributed by atoms with E-state index in [0.717, 1.165) is 56.7 Å². The molecular weight excluding hydrogens is 324 g/mol. The van der Waals surface area contributed by atoms with Crippen LogP contribution in [0.15, 0.2) is 0 Å². The van der Waals surface area contributed by atoms with Crippen molar-refractivity contribution in [1.29, 1.82) is 0 Å². The number of rotatable bonds is 0. The fraction of sp³-hybridized carbons (Fsp3) is 0.913. The second-order valence-corrected chi connectivity index (χ2v) is 10.5. The SMILES string of the molecule is C#C[C@@]1(O)CC[C@@]2(C)[C@H](CC[C@@H]3[C@@H]2CC[C@@]2(C)[C@H]3CCC23OCCO3)C1. The highest BCUT2D eigenvalue weighted by atomic mass is 16.7. The zero-order chi connectivity index (χ0) is 18.2. The monoisotopic (exact) mass is 358 g/mol. The number of hydrogen-bond acceptors (Lipinski definition) is 3. The molecule has 1 heterocycles. The Kier molecular flexibility index (Phi) is 3.70. The number of hydrogen-bond donors (Lipinski definition) is 1. The van der Waals surface area contributed by atoms with E-state index in [2.05, 4.69) is 19.8 Å². The van der Waals surface area contributed by atoms with Gasteiger partial charge in [-0.05, 0) is 80.5 Å². The predicted octanol–water partition coefficient (Wildman–Crippen LogP) is 4.14. The molecule has 144 valence electrons. The molecule has 4 saturated carbocycles. The topological polar surface area (TPSA) is 38.7 Å². The van der Waals surface area contributed by atoms with Crippen LogP contribution in [0.25, 0.3) is 0 Å². The summed E-state index contributed by atoms with van der Waals surface area (Å²) in [6, 6.07) is 0. The lowest BCUT2D eigenvalue weighted by atomic mass is 9.44. The van der Waals surface area contributed by atoms with Crippen molar-refractivity contribution < 1.29 is 14.6 Å². The lowest BCUT2D eigenvalue weighted by molar-refractivity contribution is -0.248. The van der Waals surface area contributed by atoms with Gasteiger partial charge < -0.3 is 14.6 Å². The summed E-state index contributed by atoms with van der Waals surface area (Å²) < 4.78 is 12.5. The molecule has 3 nitrogen and oxygen atoms in total. The summed E-state index contributed by atoms with van der Waals surface area (Å²) in [5.41, 5.74) is -0.328. The minimum absolute atomic E-state index is 0.183. The molecule has 0 amide bonds. The standard InChI is InChI=1S/C23H34O3/c1-4-22(24)12-11-20(2)16(15-22)5-6-17-18(20)7-9-21(3)19(17)8-10-23(21)25-13-14-26-23/h1,16-19,24H,5-15H2,2-3H3/t16-,17-,18+,19+,20+,21+,22-/m1/s1. The molecule has 5 fully saturated rings. The van der Waals surface area contributed by atoms with Crippen molar-refractivity contribution in [3.8, 4) is 12.3 Å². The Morgan fingerprint density at radius 1 is 0.923 bits per heavy atom. The normalized spacial score (nSPS) is 55.0. The molecule has 1 N–H and O–H groups in total. The minimum atomic E-state index is -0.858. The maximum Gasteiger partial charge on any atom is 0.174 e. The van der Waals surface area contributed by atoms with Crippen LogP contribution in [0.2, 0.25) is 0 Å². The van der Waals surface area contributed by atoms with E-state index in [9.17, 15) is 5.11 Å². The zero-order valence-electron chi connectivity index (χ0n) is 16.4. The first-order chi connectivity index (χ1) is 12.4. The quantitative estimate of drug-likeness (QED) is 0.662. The van der Waals surface area contributed by atoms with Gasteiger partial charge in [-0.15, -0.1) is 6.42 Å². The van der Waals surface area contributed by atoms with Crippen LogP contribution in [0.1, 0.15) is 71.6 Å². The highest BCUT2D eigenvalue weighted by Gasteiger charge is 2.67. The Morgan fingerprint density at radius 3 is 2.38 bits per heavy atom. The lowest BCUT2D eigenvalue weighted by Crippen LogP contribution is -2.58. The first kappa shape index (κ1) is 17.5. The Morgan fingerprint density at radius 2 is 1.65 bits per heavy atom. The van der Waals surface area contributed by atoms with Gasteiger partial charge in [0.15, 0.2) is 5.79 Å². The average molecular weight is 359 g/mol. The Labute approximate surface area is 158 Å². The molecule has 0 radical (unpaired) electrons. The zero-order valence-corrected chi connectivity index (χ0v) is 16.4. The summed E-state index contributed by atoms with van der Waals surface area (Å²) in [6.45, 7) is 6.50. The van der Waals surface area contributed by atoms with Gasteiger partial charge >= 0.3 is 0 Å². The van der Waals surface area contributed by atoms with Gasteiger partial charge in [0.1, 0.15) is 5.60 Å². The maximum absolute atomic E-state index is 10.7. The number of terminal acetylenes is 1. The van der Waals surface area contributed by atoms with E-state index in [1.807, 2.05) is 0 Å². The molecule has 0 bridgehead atoms. The predicted molar refractivity (Wildman–Crippen MR) is 100 cm³/mol. The Bertz CT molecular complexity index is 632. The largest absolute Gasteiger partial charge is 0.378 e. The third-order valence-corrected chi connectivity index (χ3v) is 9.79. The molecule has 1 aliphatic heterocycles. The van der Waals surface area contributed by atoms with Crippen molar-refractivity contribution >= 4 is 0 Å². The number of fused-ring (bicyclic) bond motifs is 6. The fourth-order valence-corrected chi connectivity index (χ4v) is 8.26. The first-order valence-corrected chi connectivity index (χ1v) is 10.8. The molecule has 1 saturated heterocycles. The number of aliphatic hydroxyl groups is 1. The van der Waals surface area contributed by atoms with Crippen LogP contribution in [0, 0.1) is 46.8 Å². The van der Waals surface area contributed by atoms with Gasteiger partial charge in [0, 0.05) is 11.8 Å². The molecule has 0 unspecified atom stereocenters. The minimum Gasteiger partial charge on any atom is -0.378 e.